The SMILES string of the molecule is Cc1cnc(C)c(C(=O)C(C)c2ccccc2)c1. The van der Waals surface area contributed by atoms with Crippen LogP contribution in [0, 0.1) is 13.8 Å². The van der Waals surface area contributed by atoms with Gasteiger partial charge in [-0.05, 0) is 31.0 Å². The van der Waals surface area contributed by atoms with E-state index in [-0.39, 0.29) is 11.7 Å². The molecule has 2 heteroatoms. The van der Waals surface area contributed by atoms with Gasteiger partial charge in [0.05, 0.1) is 0 Å². The van der Waals surface area contributed by atoms with E-state index in [2.05, 4.69) is 4.98 Å². The summed E-state index contributed by atoms with van der Waals surface area (Å²) in [6.07, 6.45) is 1.79. The van der Waals surface area contributed by atoms with Gasteiger partial charge in [0.15, 0.2) is 5.78 Å². The van der Waals surface area contributed by atoms with Crippen LogP contribution in [0.5, 0.6) is 0 Å². The molecule has 2 nitrogen and oxygen atoms in total. The third kappa shape index (κ3) is 2.48. The molecule has 2 rings (SSSR count). The Hall–Kier alpha value is -1.96. The molecular formula is C16H17NO. The average molecular weight is 239 g/mol. The van der Waals surface area contributed by atoms with Gasteiger partial charge >= 0.3 is 0 Å². The van der Waals surface area contributed by atoms with Gasteiger partial charge in [0.25, 0.3) is 0 Å². The number of carbonyl (C=O) groups is 1. The molecule has 2 aromatic rings. The number of aromatic nitrogens is 1. The fourth-order valence-corrected chi connectivity index (χ4v) is 2.01. The van der Waals surface area contributed by atoms with Gasteiger partial charge in [-0.1, -0.05) is 37.3 Å². The summed E-state index contributed by atoms with van der Waals surface area (Å²) in [5, 5.41) is 0. The zero-order valence-electron chi connectivity index (χ0n) is 11.0. The molecule has 0 N–H and O–H groups in total. The Morgan fingerprint density at radius 2 is 1.83 bits per heavy atom. The number of Topliss-reactive ketones (excluding diaryl/α,β-unsaturated/α-hetero) is 1. The first-order chi connectivity index (χ1) is 8.59. The fourth-order valence-electron chi connectivity index (χ4n) is 2.01. The second kappa shape index (κ2) is 5.13. The normalized spacial score (nSPS) is 12.2. The van der Waals surface area contributed by atoms with Gasteiger partial charge in [-0.3, -0.25) is 9.78 Å². The highest BCUT2D eigenvalue weighted by atomic mass is 16.1. The van der Waals surface area contributed by atoms with Gasteiger partial charge in [-0.15, -0.1) is 0 Å². The number of aryl methyl sites for hydroxylation is 2. The number of ketones is 1. The molecule has 1 atom stereocenters. The van der Waals surface area contributed by atoms with Crippen LogP contribution in [-0.4, -0.2) is 10.8 Å². The van der Waals surface area contributed by atoms with E-state index in [0.29, 0.717) is 0 Å². The molecule has 0 amide bonds. The van der Waals surface area contributed by atoms with Crippen LogP contribution in [0.2, 0.25) is 0 Å². The summed E-state index contributed by atoms with van der Waals surface area (Å²) < 4.78 is 0. The van der Waals surface area contributed by atoms with Crippen LogP contribution < -0.4 is 0 Å². The van der Waals surface area contributed by atoms with E-state index >= 15 is 0 Å². The Balaban J connectivity index is 2.34. The molecule has 0 saturated heterocycles. The summed E-state index contributed by atoms with van der Waals surface area (Å²) in [7, 11) is 0. The lowest BCUT2D eigenvalue weighted by Crippen LogP contribution is -2.12. The van der Waals surface area contributed by atoms with Crippen LogP contribution in [0.15, 0.2) is 42.6 Å². The third-order valence-electron chi connectivity index (χ3n) is 3.18. The zero-order chi connectivity index (χ0) is 13.1. The number of hydrogen-bond donors (Lipinski definition) is 0. The molecule has 0 aliphatic heterocycles. The maximum atomic E-state index is 12.5. The van der Waals surface area contributed by atoms with E-state index in [1.165, 1.54) is 0 Å². The molecule has 1 heterocycles. The standard InChI is InChI=1S/C16H17NO/c1-11-9-15(13(3)17-10-11)16(18)12(2)14-7-5-4-6-8-14/h4-10,12H,1-3H3. The molecule has 1 aromatic carbocycles. The fraction of sp³-hybridized carbons (Fsp3) is 0.250. The molecule has 0 fully saturated rings. The highest BCUT2D eigenvalue weighted by Gasteiger charge is 2.19. The summed E-state index contributed by atoms with van der Waals surface area (Å²) in [4.78, 5) is 16.7. The molecule has 0 saturated carbocycles. The van der Waals surface area contributed by atoms with Crippen molar-refractivity contribution in [3.8, 4) is 0 Å². The molecule has 0 spiro atoms. The van der Waals surface area contributed by atoms with Gasteiger partial charge in [0.1, 0.15) is 0 Å². The van der Waals surface area contributed by atoms with Gasteiger partial charge in [-0.25, -0.2) is 0 Å². The molecule has 18 heavy (non-hydrogen) atoms. The topological polar surface area (TPSA) is 30.0 Å². The van der Waals surface area contributed by atoms with Crippen LogP contribution >= 0.6 is 0 Å². The Kier molecular flexibility index (Phi) is 3.56. The van der Waals surface area contributed by atoms with Crippen molar-refractivity contribution in [3.05, 3.63) is 65.0 Å². The lowest BCUT2D eigenvalue weighted by atomic mass is 9.91. The molecule has 0 radical (unpaired) electrons. The minimum absolute atomic E-state index is 0.131. The van der Waals surface area contributed by atoms with Crippen molar-refractivity contribution in [3.63, 3.8) is 0 Å². The first-order valence-corrected chi connectivity index (χ1v) is 6.12. The zero-order valence-corrected chi connectivity index (χ0v) is 11.0. The van der Waals surface area contributed by atoms with Crippen molar-refractivity contribution in [1.29, 1.82) is 0 Å². The van der Waals surface area contributed by atoms with Crippen LogP contribution in [0.25, 0.3) is 0 Å². The summed E-state index contributed by atoms with van der Waals surface area (Å²) in [6.45, 7) is 5.78. The van der Waals surface area contributed by atoms with Crippen molar-refractivity contribution in [2.24, 2.45) is 0 Å². The molecule has 1 unspecified atom stereocenters. The largest absolute Gasteiger partial charge is 0.293 e. The van der Waals surface area contributed by atoms with Gasteiger partial charge in [0, 0.05) is 23.4 Å². The summed E-state index contributed by atoms with van der Waals surface area (Å²) in [5.74, 6) is 0.00315. The monoisotopic (exact) mass is 239 g/mol. The van der Waals surface area contributed by atoms with E-state index in [9.17, 15) is 4.79 Å². The summed E-state index contributed by atoms with van der Waals surface area (Å²) in [5.41, 5.74) is 3.59. The first kappa shape index (κ1) is 12.5. The number of benzene rings is 1. The summed E-state index contributed by atoms with van der Waals surface area (Å²) in [6, 6.07) is 11.8. The molecular weight excluding hydrogens is 222 g/mol. The predicted molar refractivity (Wildman–Crippen MR) is 72.9 cm³/mol. The highest BCUT2D eigenvalue weighted by Crippen LogP contribution is 2.21. The van der Waals surface area contributed by atoms with Crippen molar-refractivity contribution >= 4 is 5.78 Å². The number of nitrogens with zero attached hydrogens (tertiary/aromatic N) is 1. The lowest BCUT2D eigenvalue weighted by molar-refractivity contribution is 0.0965. The van der Waals surface area contributed by atoms with Crippen molar-refractivity contribution in [2.45, 2.75) is 26.7 Å². The first-order valence-electron chi connectivity index (χ1n) is 6.12. The van der Waals surface area contributed by atoms with Crippen molar-refractivity contribution in [2.75, 3.05) is 0 Å². The average Bonchev–Trinajstić information content (AvgIpc) is 2.41. The van der Waals surface area contributed by atoms with E-state index in [1.54, 1.807) is 6.20 Å². The molecule has 0 aliphatic carbocycles. The number of rotatable bonds is 3. The second-order valence-corrected chi connectivity index (χ2v) is 4.64. The van der Waals surface area contributed by atoms with Gasteiger partial charge in [-0.2, -0.15) is 0 Å². The highest BCUT2D eigenvalue weighted by molar-refractivity contribution is 6.01. The Bertz CT molecular complexity index is 561. The van der Waals surface area contributed by atoms with Crippen LogP contribution in [0.1, 0.15) is 40.0 Å². The van der Waals surface area contributed by atoms with Crippen LogP contribution in [0.3, 0.4) is 0 Å². The van der Waals surface area contributed by atoms with E-state index in [1.807, 2.05) is 57.2 Å². The van der Waals surface area contributed by atoms with Gasteiger partial charge < -0.3 is 0 Å². The Morgan fingerprint density at radius 1 is 1.17 bits per heavy atom. The van der Waals surface area contributed by atoms with Gasteiger partial charge in [0.2, 0.25) is 0 Å². The Labute approximate surface area is 108 Å². The minimum atomic E-state index is -0.131. The summed E-state index contributed by atoms with van der Waals surface area (Å²) >= 11 is 0. The molecule has 0 bridgehead atoms. The second-order valence-electron chi connectivity index (χ2n) is 4.64. The van der Waals surface area contributed by atoms with E-state index in [0.717, 1.165) is 22.4 Å². The number of pyridine rings is 1. The van der Waals surface area contributed by atoms with Crippen LogP contribution in [0.4, 0.5) is 0 Å². The van der Waals surface area contributed by atoms with E-state index in [4.69, 9.17) is 0 Å². The smallest absolute Gasteiger partial charge is 0.171 e. The lowest BCUT2D eigenvalue weighted by Gasteiger charge is -2.12. The number of hydrogen-bond acceptors (Lipinski definition) is 2. The van der Waals surface area contributed by atoms with Crippen LogP contribution in [-0.2, 0) is 0 Å². The van der Waals surface area contributed by atoms with E-state index < -0.39 is 0 Å². The van der Waals surface area contributed by atoms with Crippen molar-refractivity contribution < 1.29 is 4.79 Å². The molecule has 0 aliphatic rings. The van der Waals surface area contributed by atoms with Crippen molar-refractivity contribution in [1.82, 2.24) is 4.98 Å². The third-order valence-corrected chi connectivity index (χ3v) is 3.18. The number of carbonyl (C=O) groups excluding carboxylic acids is 1. The predicted octanol–water partition coefficient (Wildman–Crippen LogP) is 3.68. The molecule has 1 aromatic heterocycles. The maximum Gasteiger partial charge on any atom is 0.171 e. The maximum absolute atomic E-state index is 12.5. The minimum Gasteiger partial charge on any atom is -0.293 e. The molecule has 92 valence electrons. The quantitative estimate of drug-likeness (QED) is 0.765. The Morgan fingerprint density at radius 3 is 2.50 bits per heavy atom.